The topological polar surface area (TPSA) is 64.6 Å². The van der Waals surface area contributed by atoms with Crippen molar-refractivity contribution in [1.82, 2.24) is 0 Å². The number of hydrogen-bond donors (Lipinski definition) is 1. The van der Waals surface area contributed by atoms with Gasteiger partial charge in [0.2, 0.25) is 0 Å². The van der Waals surface area contributed by atoms with Crippen molar-refractivity contribution in [3.05, 3.63) is 60.4 Å². The third-order valence-electron chi connectivity index (χ3n) is 3.34. The molecule has 5 nitrogen and oxygen atoms in total. The van der Waals surface area contributed by atoms with E-state index in [1.54, 1.807) is 36.4 Å². The van der Waals surface area contributed by atoms with Crippen LogP contribution in [0.1, 0.15) is 19.8 Å². The molecule has 0 saturated carbocycles. The monoisotopic (exact) mass is 345 g/mol. The van der Waals surface area contributed by atoms with Gasteiger partial charge in [-0.05, 0) is 37.6 Å². The predicted octanol–water partition coefficient (Wildman–Crippen LogP) is 3.56. The standard InChI is InChI=1S/C19H20FNO4/c1-14(19(23)21-15-8-3-2-4-9-15)25-18(22)12-7-13-24-17-11-6-5-10-16(17)20/h2-6,8-11,14H,7,12-13H2,1H3,(H,21,23). The zero-order valence-corrected chi connectivity index (χ0v) is 13.9. The molecule has 2 rings (SSSR count). The van der Waals surface area contributed by atoms with Crippen LogP contribution in [0.2, 0.25) is 0 Å². The van der Waals surface area contributed by atoms with E-state index in [1.807, 2.05) is 6.07 Å². The molecule has 0 aliphatic rings. The number of esters is 1. The van der Waals surface area contributed by atoms with Gasteiger partial charge in [-0.25, -0.2) is 4.39 Å². The Balaban J connectivity index is 1.67. The van der Waals surface area contributed by atoms with Crippen molar-refractivity contribution >= 4 is 17.6 Å². The van der Waals surface area contributed by atoms with Crippen LogP contribution in [0.15, 0.2) is 54.6 Å². The van der Waals surface area contributed by atoms with Crippen LogP contribution in [0.5, 0.6) is 5.75 Å². The zero-order valence-electron chi connectivity index (χ0n) is 13.9. The summed E-state index contributed by atoms with van der Waals surface area (Å²) in [5.41, 5.74) is 0.633. The Labute approximate surface area is 145 Å². The van der Waals surface area contributed by atoms with E-state index in [0.29, 0.717) is 12.1 Å². The molecule has 0 heterocycles. The first-order valence-corrected chi connectivity index (χ1v) is 7.99. The number of benzene rings is 2. The second-order valence-corrected chi connectivity index (χ2v) is 5.37. The molecule has 25 heavy (non-hydrogen) atoms. The summed E-state index contributed by atoms with van der Waals surface area (Å²) in [6, 6.07) is 15.0. The van der Waals surface area contributed by atoms with Gasteiger partial charge in [0.25, 0.3) is 5.91 Å². The van der Waals surface area contributed by atoms with E-state index in [1.165, 1.54) is 19.1 Å². The van der Waals surface area contributed by atoms with Crippen molar-refractivity contribution in [2.45, 2.75) is 25.9 Å². The molecule has 0 saturated heterocycles. The molecule has 0 radical (unpaired) electrons. The molecule has 0 fully saturated rings. The molecule has 1 N–H and O–H groups in total. The zero-order chi connectivity index (χ0) is 18.1. The van der Waals surface area contributed by atoms with Crippen molar-refractivity contribution in [3.8, 4) is 5.75 Å². The first kappa shape index (κ1) is 18.4. The quantitative estimate of drug-likeness (QED) is 0.587. The number of anilines is 1. The summed E-state index contributed by atoms with van der Waals surface area (Å²) in [6.45, 7) is 1.69. The average Bonchev–Trinajstić information content (AvgIpc) is 2.61. The van der Waals surface area contributed by atoms with Gasteiger partial charge >= 0.3 is 5.97 Å². The lowest BCUT2D eigenvalue weighted by Crippen LogP contribution is -2.30. The third kappa shape index (κ3) is 6.25. The lowest BCUT2D eigenvalue weighted by atomic mass is 10.3. The number of rotatable bonds is 8. The molecular formula is C19H20FNO4. The van der Waals surface area contributed by atoms with Crippen molar-refractivity contribution in [1.29, 1.82) is 0 Å². The van der Waals surface area contributed by atoms with Crippen molar-refractivity contribution in [2.75, 3.05) is 11.9 Å². The second-order valence-electron chi connectivity index (χ2n) is 5.37. The van der Waals surface area contributed by atoms with Gasteiger partial charge in [0.05, 0.1) is 6.61 Å². The Morgan fingerprint density at radius 2 is 1.76 bits per heavy atom. The van der Waals surface area contributed by atoms with Gasteiger partial charge in [0, 0.05) is 12.1 Å². The molecule has 132 valence electrons. The molecule has 0 aromatic heterocycles. The van der Waals surface area contributed by atoms with Gasteiger partial charge in [0.1, 0.15) is 0 Å². The van der Waals surface area contributed by atoms with E-state index in [0.717, 1.165) is 0 Å². The minimum Gasteiger partial charge on any atom is -0.491 e. The van der Waals surface area contributed by atoms with Gasteiger partial charge in [-0.15, -0.1) is 0 Å². The van der Waals surface area contributed by atoms with Crippen LogP contribution in [0, 0.1) is 5.82 Å². The van der Waals surface area contributed by atoms with E-state index in [9.17, 15) is 14.0 Å². The first-order valence-electron chi connectivity index (χ1n) is 7.99. The minimum absolute atomic E-state index is 0.0808. The smallest absolute Gasteiger partial charge is 0.306 e. The largest absolute Gasteiger partial charge is 0.491 e. The highest BCUT2D eigenvalue weighted by molar-refractivity contribution is 5.95. The number of hydrogen-bond acceptors (Lipinski definition) is 4. The molecule has 2 aromatic rings. The molecule has 0 aliphatic carbocycles. The van der Waals surface area contributed by atoms with E-state index in [2.05, 4.69) is 5.32 Å². The summed E-state index contributed by atoms with van der Waals surface area (Å²) in [4.78, 5) is 23.7. The molecule has 2 aromatic carbocycles. The molecule has 1 atom stereocenters. The van der Waals surface area contributed by atoms with Crippen LogP contribution < -0.4 is 10.1 Å². The summed E-state index contributed by atoms with van der Waals surface area (Å²) >= 11 is 0. The third-order valence-corrected chi connectivity index (χ3v) is 3.34. The number of para-hydroxylation sites is 2. The van der Waals surface area contributed by atoms with Gasteiger partial charge in [-0.3, -0.25) is 9.59 Å². The Morgan fingerprint density at radius 3 is 2.48 bits per heavy atom. The van der Waals surface area contributed by atoms with E-state index in [4.69, 9.17) is 9.47 Å². The highest BCUT2D eigenvalue weighted by Crippen LogP contribution is 2.15. The number of halogens is 1. The Hall–Kier alpha value is -2.89. The molecule has 1 amide bonds. The molecule has 6 heteroatoms. The maximum atomic E-state index is 13.4. The van der Waals surface area contributed by atoms with E-state index < -0.39 is 23.8 Å². The molecule has 0 bridgehead atoms. The van der Waals surface area contributed by atoms with Crippen LogP contribution >= 0.6 is 0 Å². The Bertz CT molecular complexity index is 706. The molecular weight excluding hydrogens is 325 g/mol. The summed E-state index contributed by atoms with van der Waals surface area (Å²) in [5, 5.41) is 2.66. The predicted molar refractivity (Wildman–Crippen MR) is 91.8 cm³/mol. The normalized spacial score (nSPS) is 11.4. The summed E-state index contributed by atoms with van der Waals surface area (Å²) in [5.74, 6) is -1.21. The lowest BCUT2D eigenvalue weighted by Gasteiger charge is -2.13. The van der Waals surface area contributed by atoms with Crippen molar-refractivity contribution in [3.63, 3.8) is 0 Å². The van der Waals surface area contributed by atoms with Gasteiger partial charge in [-0.1, -0.05) is 30.3 Å². The number of nitrogens with one attached hydrogen (secondary N) is 1. The highest BCUT2D eigenvalue weighted by Gasteiger charge is 2.17. The Morgan fingerprint density at radius 1 is 1.08 bits per heavy atom. The highest BCUT2D eigenvalue weighted by atomic mass is 19.1. The van der Waals surface area contributed by atoms with E-state index in [-0.39, 0.29) is 18.8 Å². The van der Waals surface area contributed by atoms with E-state index >= 15 is 0 Å². The molecule has 1 unspecified atom stereocenters. The Kier molecular flexibility index (Phi) is 6.95. The average molecular weight is 345 g/mol. The second kappa shape index (κ2) is 9.42. The fourth-order valence-electron chi connectivity index (χ4n) is 2.04. The van der Waals surface area contributed by atoms with Crippen molar-refractivity contribution in [2.24, 2.45) is 0 Å². The number of ether oxygens (including phenoxy) is 2. The minimum atomic E-state index is -0.903. The van der Waals surface area contributed by atoms with Crippen LogP contribution in [0.3, 0.4) is 0 Å². The summed E-state index contributed by atoms with van der Waals surface area (Å²) < 4.78 is 23.7. The maximum Gasteiger partial charge on any atom is 0.306 e. The molecule has 0 aliphatic heterocycles. The van der Waals surface area contributed by atoms with Gasteiger partial charge in [-0.2, -0.15) is 0 Å². The first-order chi connectivity index (χ1) is 12.1. The maximum absolute atomic E-state index is 13.4. The van der Waals surface area contributed by atoms with Crippen LogP contribution in [-0.4, -0.2) is 24.6 Å². The van der Waals surface area contributed by atoms with Gasteiger partial charge < -0.3 is 14.8 Å². The fourth-order valence-corrected chi connectivity index (χ4v) is 2.04. The molecule has 0 spiro atoms. The van der Waals surface area contributed by atoms with Crippen LogP contribution in [0.4, 0.5) is 10.1 Å². The SMILES string of the molecule is CC(OC(=O)CCCOc1ccccc1F)C(=O)Nc1ccccc1. The van der Waals surface area contributed by atoms with Gasteiger partial charge in [0.15, 0.2) is 17.7 Å². The lowest BCUT2D eigenvalue weighted by molar-refractivity contribution is -0.153. The number of carbonyl (C=O) groups excluding carboxylic acids is 2. The fraction of sp³-hybridized carbons (Fsp3) is 0.263. The summed E-state index contributed by atoms with van der Waals surface area (Å²) in [7, 11) is 0. The summed E-state index contributed by atoms with van der Waals surface area (Å²) in [6.07, 6.45) is -0.461. The number of carbonyl (C=O) groups is 2. The number of amides is 1. The van der Waals surface area contributed by atoms with Crippen LogP contribution in [-0.2, 0) is 14.3 Å². The van der Waals surface area contributed by atoms with Crippen molar-refractivity contribution < 1.29 is 23.5 Å². The van der Waals surface area contributed by atoms with Crippen LogP contribution in [0.25, 0.3) is 0 Å².